The van der Waals surface area contributed by atoms with Crippen molar-refractivity contribution in [3.8, 4) is 0 Å². The first-order chi connectivity index (χ1) is 8.46. The van der Waals surface area contributed by atoms with Gasteiger partial charge >= 0.3 is 0 Å². The largest absolute Gasteiger partial charge is 0.346 e. The maximum absolute atomic E-state index is 13.0. The highest BCUT2D eigenvalue weighted by Gasteiger charge is 2.27. The van der Waals surface area contributed by atoms with E-state index >= 15 is 0 Å². The molecule has 0 bridgehead atoms. The van der Waals surface area contributed by atoms with Gasteiger partial charge in [0.1, 0.15) is 11.6 Å². The number of rotatable bonds is 5. The van der Waals surface area contributed by atoms with Gasteiger partial charge in [-0.2, -0.15) is 0 Å². The lowest BCUT2D eigenvalue weighted by Crippen LogP contribution is -2.49. The molecule has 0 aromatic heterocycles. The lowest BCUT2D eigenvalue weighted by Gasteiger charge is -2.30. The molecule has 0 atom stereocenters. The first-order valence-corrected chi connectivity index (χ1v) is 6.93. The first kappa shape index (κ1) is 15.1. The number of carbonyl (C=O) groups excluding carboxylic acids is 1. The van der Waals surface area contributed by atoms with Crippen LogP contribution in [0.25, 0.3) is 0 Å². The standard InChI is InChI=1S/C13H16BrF2NO/c1-3-13(4-2,8-14)17-12(18)9-5-10(15)7-11(16)6-9/h5-7H,3-4,8H2,1-2H3,(H,17,18). The van der Waals surface area contributed by atoms with Gasteiger partial charge in [0.25, 0.3) is 5.91 Å². The lowest BCUT2D eigenvalue weighted by molar-refractivity contribution is 0.0902. The van der Waals surface area contributed by atoms with E-state index in [9.17, 15) is 13.6 Å². The molecule has 0 radical (unpaired) electrons. The lowest BCUT2D eigenvalue weighted by atomic mass is 9.95. The average Bonchev–Trinajstić information content (AvgIpc) is 2.35. The van der Waals surface area contributed by atoms with Crippen LogP contribution in [-0.4, -0.2) is 16.8 Å². The van der Waals surface area contributed by atoms with Crippen LogP contribution in [0.15, 0.2) is 18.2 Å². The zero-order valence-electron chi connectivity index (χ0n) is 10.4. The van der Waals surface area contributed by atoms with Crippen molar-refractivity contribution in [1.82, 2.24) is 5.32 Å². The van der Waals surface area contributed by atoms with E-state index in [2.05, 4.69) is 21.2 Å². The van der Waals surface area contributed by atoms with E-state index in [1.54, 1.807) is 0 Å². The van der Waals surface area contributed by atoms with Crippen molar-refractivity contribution < 1.29 is 13.6 Å². The van der Waals surface area contributed by atoms with Gasteiger partial charge in [-0.15, -0.1) is 0 Å². The summed E-state index contributed by atoms with van der Waals surface area (Å²) >= 11 is 3.36. The van der Waals surface area contributed by atoms with Crippen molar-refractivity contribution in [3.05, 3.63) is 35.4 Å². The van der Waals surface area contributed by atoms with Gasteiger partial charge in [0, 0.05) is 22.5 Å². The van der Waals surface area contributed by atoms with Crippen molar-refractivity contribution in [3.63, 3.8) is 0 Å². The average molecular weight is 320 g/mol. The quantitative estimate of drug-likeness (QED) is 0.825. The molecule has 1 aromatic rings. The molecule has 2 nitrogen and oxygen atoms in total. The number of alkyl halides is 1. The molecule has 0 aliphatic rings. The molecule has 0 saturated carbocycles. The van der Waals surface area contributed by atoms with Crippen molar-refractivity contribution in [2.45, 2.75) is 32.2 Å². The summed E-state index contributed by atoms with van der Waals surface area (Å²) in [5, 5.41) is 3.42. The number of nitrogens with one attached hydrogen (secondary N) is 1. The SMILES string of the molecule is CCC(CC)(CBr)NC(=O)c1cc(F)cc(F)c1. The Morgan fingerprint density at radius 1 is 1.22 bits per heavy atom. The predicted octanol–water partition coefficient (Wildman–Crippen LogP) is 3.65. The van der Waals surface area contributed by atoms with Crippen LogP contribution in [0.1, 0.15) is 37.0 Å². The van der Waals surface area contributed by atoms with Gasteiger partial charge in [-0.1, -0.05) is 29.8 Å². The Labute approximate surface area is 114 Å². The summed E-state index contributed by atoms with van der Waals surface area (Å²) in [6, 6.07) is 2.81. The van der Waals surface area contributed by atoms with E-state index in [1.807, 2.05) is 13.8 Å². The Morgan fingerprint density at radius 2 is 1.72 bits per heavy atom. The maximum Gasteiger partial charge on any atom is 0.251 e. The van der Waals surface area contributed by atoms with Crippen LogP contribution < -0.4 is 5.32 Å². The molecule has 1 aromatic carbocycles. The molecule has 0 spiro atoms. The van der Waals surface area contributed by atoms with Crippen LogP contribution >= 0.6 is 15.9 Å². The van der Waals surface area contributed by atoms with Crippen LogP contribution in [0.2, 0.25) is 0 Å². The molecular weight excluding hydrogens is 304 g/mol. The topological polar surface area (TPSA) is 29.1 Å². The summed E-state index contributed by atoms with van der Waals surface area (Å²) in [6.07, 6.45) is 1.47. The molecule has 5 heteroatoms. The highest BCUT2D eigenvalue weighted by atomic mass is 79.9. The van der Waals surface area contributed by atoms with Crippen LogP contribution in [0.3, 0.4) is 0 Å². The van der Waals surface area contributed by atoms with Gasteiger partial charge < -0.3 is 5.32 Å². The number of hydrogen-bond donors (Lipinski definition) is 1. The van der Waals surface area contributed by atoms with E-state index in [1.165, 1.54) is 0 Å². The highest BCUT2D eigenvalue weighted by Crippen LogP contribution is 2.19. The molecule has 0 aliphatic heterocycles. The number of halogens is 3. The van der Waals surface area contributed by atoms with Crippen molar-refractivity contribution in [2.75, 3.05) is 5.33 Å². The van der Waals surface area contributed by atoms with Crippen LogP contribution in [0.4, 0.5) is 8.78 Å². The van der Waals surface area contributed by atoms with E-state index in [0.29, 0.717) is 5.33 Å². The monoisotopic (exact) mass is 319 g/mol. The molecule has 1 N–H and O–H groups in total. The molecule has 100 valence electrons. The number of amides is 1. The van der Waals surface area contributed by atoms with Gasteiger partial charge in [0.15, 0.2) is 0 Å². The van der Waals surface area contributed by atoms with Gasteiger partial charge in [-0.05, 0) is 25.0 Å². The minimum Gasteiger partial charge on any atom is -0.346 e. The fourth-order valence-corrected chi connectivity index (χ4v) is 2.58. The number of carbonyl (C=O) groups is 1. The van der Waals surface area contributed by atoms with Crippen molar-refractivity contribution >= 4 is 21.8 Å². The molecule has 0 fully saturated rings. The molecule has 18 heavy (non-hydrogen) atoms. The fraction of sp³-hybridized carbons (Fsp3) is 0.462. The van der Waals surface area contributed by atoms with Gasteiger partial charge in [0.2, 0.25) is 0 Å². The zero-order valence-corrected chi connectivity index (χ0v) is 12.0. The molecule has 1 amide bonds. The Morgan fingerprint density at radius 3 is 2.11 bits per heavy atom. The third-order valence-electron chi connectivity index (χ3n) is 3.11. The van der Waals surface area contributed by atoms with Crippen molar-refractivity contribution in [2.24, 2.45) is 0 Å². The molecule has 1 rings (SSSR count). The van der Waals surface area contributed by atoms with E-state index in [0.717, 1.165) is 31.0 Å². The Hall–Kier alpha value is -0.970. The molecule has 0 unspecified atom stereocenters. The fourth-order valence-electron chi connectivity index (χ4n) is 1.65. The minimum atomic E-state index is -0.752. The second-order valence-corrected chi connectivity index (χ2v) is 4.79. The maximum atomic E-state index is 13.0. The van der Waals surface area contributed by atoms with Crippen molar-refractivity contribution in [1.29, 1.82) is 0 Å². The van der Waals surface area contributed by atoms with Gasteiger partial charge in [0.05, 0.1) is 0 Å². The number of benzene rings is 1. The summed E-state index contributed by atoms with van der Waals surface area (Å²) < 4.78 is 26.1. The normalized spacial score (nSPS) is 11.4. The summed E-state index contributed by atoms with van der Waals surface area (Å²) in [5.41, 5.74) is -0.389. The summed E-state index contributed by atoms with van der Waals surface area (Å²) in [4.78, 5) is 12.0. The molecule has 0 heterocycles. The molecule has 0 saturated heterocycles. The smallest absolute Gasteiger partial charge is 0.251 e. The van der Waals surface area contributed by atoms with E-state index < -0.39 is 17.5 Å². The predicted molar refractivity (Wildman–Crippen MR) is 70.9 cm³/mol. The Bertz CT molecular complexity index is 404. The summed E-state index contributed by atoms with van der Waals surface area (Å²) in [5.74, 6) is -1.97. The van der Waals surface area contributed by atoms with E-state index in [4.69, 9.17) is 0 Å². The third-order valence-corrected chi connectivity index (χ3v) is 4.19. The summed E-state index contributed by atoms with van der Waals surface area (Å²) in [6.45, 7) is 3.91. The second kappa shape index (κ2) is 6.27. The number of hydrogen-bond acceptors (Lipinski definition) is 1. The van der Waals surface area contributed by atoms with Gasteiger partial charge in [-0.25, -0.2) is 8.78 Å². The Balaban J connectivity index is 2.94. The Kier molecular flexibility index (Phi) is 5.26. The van der Waals surface area contributed by atoms with Crippen LogP contribution in [-0.2, 0) is 0 Å². The van der Waals surface area contributed by atoms with E-state index in [-0.39, 0.29) is 11.1 Å². The molecular formula is C13H16BrF2NO. The summed E-state index contributed by atoms with van der Waals surface area (Å²) in [7, 11) is 0. The van der Waals surface area contributed by atoms with Gasteiger partial charge in [-0.3, -0.25) is 4.79 Å². The second-order valence-electron chi connectivity index (χ2n) is 4.23. The third kappa shape index (κ3) is 3.51. The highest BCUT2D eigenvalue weighted by molar-refractivity contribution is 9.09. The first-order valence-electron chi connectivity index (χ1n) is 5.81. The zero-order chi connectivity index (χ0) is 13.8. The molecule has 0 aliphatic carbocycles. The van der Waals surface area contributed by atoms with Crippen LogP contribution in [0, 0.1) is 11.6 Å². The minimum absolute atomic E-state index is 0.000255. The van der Waals surface area contributed by atoms with Crippen LogP contribution in [0.5, 0.6) is 0 Å².